The zero-order valence-corrected chi connectivity index (χ0v) is 12.4. The Morgan fingerprint density at radius 1 is 1.11 bits per heavy atom. The van der Waals surface area contributed by atoms with Gasteiger partial charge in [-0.15, -0.1) is 0 Å². The number of hydrogen-bond donors (Lipinski definition) is 0. The Kier molecular flexibility index (Phi) is 12.1. The quantitative estimate of drug-likeness (QED) is 0.298. The predicted octanol–water partition coefficient (Wildman–Crippen LogP) is 4.88. The first kappa shape index (κ1) is 17.2. The Morgan fingerprint density at radius 2 is 1.78 bits per heavy atom. The maximum atomic E-state index is 11.4. The Bertz CT molecular complexity index is 221. The van der Waals surface area contributed by atoms with Crippen LogP contribution in [0.15, 0.2) is 12.2 Å². The third-order valence-electron chi connectivity index (χ3n) is 3.13. The van der Waals surface area contributed by atoms with Crippen LogP contribution in [-0.2, 0) is 9.53 Å². The van der Waals surface area contributed by atoms with Gasteiger partial charge in [0.2, 0.25) is 0 Å². The molecule has 0 saturated carbocycles. The van der Waals surface area contributed by atoms with Gasteiger partial charge in [-0.1, -0.05) is 57.6 Å². The topological polar surface area (TPSA) is 26.3 Å². The van der Waals surface area contributed by atoms with Crippen molar-refractivity contribution in [2.45, 2.75) is 72.1 Å². The molecule has 0 saturated heterocycles. The van der Waals surface area contributed by atoms with E-state index in [1.807, 2.05) is 19.9 Å². The van der Waals surface area contributed by atoms with Gasteiger partial charge in [0.1, 0.15) is 0 Å². The van der Waals surface area contributed by atoms with Gasteiger partial charge < -0.3 is 4.74 Å². The van der Waals surface area contributed by atoms with Crippen LogP contribution in [0, 0.1) is 5.92 Å². The second-order valence-corrected chi connectivity index (χ2v) is 4.85. The lowest BCUT2D eigenvalue weighted by molar-refractivity contribution is -0.143. The van der Waals surface area contributed by atoms with Crippen LogP contribution in [0.4, 0.5) is 0 Å². The second kappa shape index (κ2) is 12.7. The predicted molar refractivity (Wildman–Crippen MR) is 77.5 cm³/mol. The minimum atomic E-state index is -0.0633. The highest BCUT2D eigenvalue weighted by Gasteiger charge is 2.11. The van der Waals surface area contributed by atoms with Crippen molar-refractivity contribution in [1.29, 1.82) is 0 Å². The molecule has 0 spiro atoms. The molecule has 0 rings (SSSR count). The summed E-state index contributed by atoms with van der Waals surface area (Å²) in [6.45, 7) is 6.59. The number of allylic oxidation sites excluding steroid dienone is 2. The lowest BCUT2D eigenvalue weighted by atomic mass is 9.96. The molecule has 2 nitrogen and oxygen atoms in total. The summed E-state index contributed by atoms with van der Waals surface area (Å²) in [4.78, 5) is 11.4. The van der Waals surface area contributed by atoms with Crippen LogP contribution in [0.25, 0.3) is 0 Å². The monoisotopic (exact) mass is 254 g/mol. The minimum Gasteiger partial charge on any atom is -0.466 e. The summed E-state index contributed by atoms with van der Waals surface area (Å²) in [7, 11) is 0. The lowest BCUT2D eigenvalue weighted by Crippen LogP contribution is -2.10. The molecule has 2 heteroatoms. The maximum absolute atomic E-state index is 11.4. The molecule has 0 aromatic rings. The Labute approximate surface area is 113 Å². The molecule has 1 atom stereocenters. The molecule has 0 aromatic carbocycles. The summed E-state index contributed by atoms with van der Waals surface area (Å²) >= 11 is 0. The summed E-state index contributed by atoms with van der Waals surface area (Å²) in [5, 5.41) is 0. The second-order valence-electron chi connectivity index (χ2n) is 4.85. The summed E-state index contributed by atoms with van der Waals surface area (Å²) in [6.07, 6.45) is 13.7. The van der Waals surface area contributed by atoms with Gasteiger partial charge >= 0.3 is 5.97 Å². The van der Waals surface area contributed by atoms with Crippen molar-refractivity contribution in [3.8, 4) is 0 Å². The largest absolute Gasteiger partial charge is 0.466 e. The molecule has 0 radical (unpaired) electrons. The Balaban J connectivity index is 3.73. The minimum absolute atomic E-state index is 0.0633. The van der Waals surface area contributed by atoms with Crippen LogP contribution in [0.2, 0.25) is 0 Å². The van der Waals surface area contributed by atoms with Crippen LogP contribution in [-0.4, -0.2) is 12.6 Å². The van der Waals surface area contributed by atoms with Crippen molar-refractivity contribution in [1.82, 2.24) is 0 Å². The van der Waals surface area contributed by atoms with E-state index in [-0.39, 0.29) is 5.97 Å². The van der Waals surface area contributed by atoms with Crippen molar-refractivity contribution in [2.24, 2.45) is 5.92 Å². The van der Waals surface area contributed by atoms with Gasteiger partial charge in [0.25, 0.3) is 0 Å². The average molecular weight is 254 g/mol. The number of unbranched alkanes of at least 4 members (excludes halogenated alkanes) is 5. The third kappa shape index (κ3) is 10.4. The van der Waals surface area contributed by atoms with Gasteiger partial charge in [-0.05, 0) is 26.2 Å². The van der Waals surface area contributed by atoms with E-state index < -0.39 is 0 Å². The number of carbonyl (C=O) groups is 1. The van der Waals surface area contributed by atoms with E-state index in [1.54, 1.807) is 0 Å². The van der Waals surface area contributed by atoms with Crippen molar-refractivity contribution in [2.75, 3.05) is 6.61 Å². The fourth-order valence-electron chi connectivity index (χ4n) is 2.16. The molecule has 106 valence electrons. The standard InChI is InChI=1S/C16H30O2/c1-4-7-8-9-10-11-13-15(12-5-2)14-16(17)18-6-3/h5,12,15H,4,6-11,13-14H2,1-3H3/b12-5+/t15-/m1/s1. The van der Waals surface area contributed by atoms with E-state index >= 15 is 0 Å². The molecule has 0 aliphatic carbocycles. The van der Waals surface area contributed by atoms with Gasteiger partial charge in [0, 0.05) is 0 Å². The highest BCUT2D eigenvalue weighted by molar-refractivity contribution is 5.69. The molecule has 0 aliphatic rings. The van der Waals surface area contributed by atoms with E-state index in [0.717, 1.165) is 6.42 Å². The van der Waals surface area contributed by atoms with Gasteiger partial charge in [-0.3, -0.25) is 4.79 Å². The molecule has 0 aromatic heterocycles. The van der Waals surface area contributed by atoms with Gasteiger partial charge in [0.05, 0.1) is 13.0 Å². The van der Waals surface area contributed by atoms with Crippen LogP contribution in [0.5, 0.6) is 0 Å². The number of hydrogen-bond acceptors (Lipinski definition) is 2. The van der Waals surface area contributed by atoms with Crippen molar-refractivity contribution in [3.05, 3.63) is 12.2 Å². The first-order chi connectivity index (χ1) is 8.74. The van der Waals surface area contributed by atoms with Gasteiger partial charge in [-0.2, -0.15) is 0 Å². The van der Waals surface area contributed by atoms with Gasteiger partial charge in [-0.25, -0.2) is 0 Å². The van der Waals surface area contributed by atoms with Gasteiger partial charge in [0.15, 0.2) is 0 Å². The maximum Gasteiger partial charge on any atom is 0.306 e. The Morgan fingerprint density at radius 3 is 2.39 bits per heavy atom. The first-order valence-electron chi connectivity index (χ1n) is 7.53. The first-order valence-corrected chi connectivity index (χ1v) is 7.53. The number of esters is 1. The number of ether oxygens (including phenoxy) is 1. The summed E-state index contributed by atoms with van der Waals surface area (Å²) in [5.41, 5.74) is 0. The van der Waals surface area contributed by atoms with Crippen LogP contribution in [0.3, 0.4) is 0 Å². The third-order valence-corrected chi connectivity index (χ3v) is 3.13. The van der Waals surface area contributed by atoms with Crippen molar-refractivity contribution < 1.29 is 9.53 Å². The molecule has 18 heavy (non-hydrogen) atoms. The molecule has 0 aliphatic heterocycles. The van der Waals surface area contributed by atoms with E-state index in [1.165, 1.54) is 38.5 Å². The summed E-state index contributed by atoms with van der Waals surface area (Å²) < 4.78 is 5.01. The van der Waals surface area contributed by atoms with E-state index in [9.17, 15) is 4.79 Å². The highest BCUT2D eigenvalue weighted by Crippen LogP contribution is 2.17. The summed E-state index contributed by atoms with van der Waals surface area (Å²) in [5.74, 6) is 0.298. The fraction of sp³-hybridized carbons (Fsp3) is 0.812. The highest BCUT2D eigenvalue weighted by atomic mass is 16.5. The molecule has 0 amide bonds. The summed E-state index contributed by atoms with van der Waals surface area (Å²) in [6, 6.07) is 0. The average Bonchev–Trinajstić information content (AvgIpc) is 2.34. The van der Waals surface area contributed by atoms with E-state index in [0.29, 0.717) is 18.9 Å². The van der Waals surface area contributed by atoms with Crippen LogP contribution in [0.1, 0.15) is 72.1 Å². The molecule has 0 fully saturated rings. The van der Waals surface area contributed by atoms with E-state index in [4.69, 9.17) is 4.74 Å². The Hall–Kier alpha value is -0.790. The van der Waals surface area contributed by atoms with Crippen LogP contribution >= 0.6 is 0 Å². The molecular formula is C16H30O2. The van der Waals surface area contributed by atoms with Crippen molar-refractivity contribution in [3.63, 3.8) is 0 Å². The van der Waals surface area contributed by atoms with Crippen molar-refractivity contribution >= 4 is 5.97 Å². The molecule has 0 bridgehead atoms. The van der Waals surface area contributed by atoms with Crippen LogP contribution < -0.4 is 0 Å². The molecule has 0 unspecified atom stereocenters. The molecular weight excluding hydrogens is 224 g/mol. The molecule has 0 heterocycles. The zero-order chi connectivity index (χ0) is 13.6. The van der Waals surface area contributed by atoms with E-state index in [2.05, 4.69) is 13.0 Å². The lowest BCUT2D eigenvalue weighted by Gasteiger charge is -2.11. The number of carbonyl (C=O) groups excluding carboxylic acids is 1. The SMILES string of the molecule is C/C=C/[C@H](CCCCCCCC)CC(=O)OCC. The number of rotatable bonds is 11. The molecule has 0 N–H and O–H groups in total. The normalized spacial score (nSPS) is 12.8. The fourth-order valence-corrected chi connectivity index (χ4v) is 2.16. The smallest absolute Gasteiger partial charge is 0.306 e. The zero-order valence-electron chi connectivity index (χ0n) is 12.4.